The van der Waals surface area contributed by atoms with Crippen molar-refractivity contribution in [1.82, 2.24) is 0 Å². The predicted molar refractivity (Wildman–Crippen MR) is 39.0 cm³/mol. The van der Waals surface area contributed by atoms with Crippen molar-refractivity contribution in [2.45, 2.75) is 6.10 Å². The summed E-state index contributed by atoms with van der Waals surface area (Å²) in [7, 11) is 0. The van der Waals surface area contributed by atoms with E-state index in [9.17, 15) is 13.6 Å². The van der Waals surface area contributed by atoms with E-state index in [4.69, 9.17) is 10.2 Å². The van der Waals surface area contributed by atoms with Crippen LogP contribution in [0.15, 0.2) is 18.2 Å². The van der Waals surface area contributed by atoms with Gasteiger partial charge in [0.25, 0.3) is 0 Å². The van der Waals surface area contributed by atoms with Crippen molar-refractivity contribution in [3.63, 3.8) is 0 Å². The fraction of sp³-hybridized carbons (Fsp3) is 0.125. The Kier molecular flexibility index (Phi) is 2.57. The summed E-state index contributed by atoms with van der Waals surface area (Å²) in [5, 5.41) is 17.3. The summed E-state index contributed by atoms with van der Waals surface area (Å²) in [4.78, 5) is 10.2. The van der Waals surface area contributed by atoms with Crippen LogP contribution in [0.3, 0.4) is 0 Å². The first-order valence-electron chi connectivity index (χ1n) is 3.38. The second-order valence-corrected chi connectivity index (χ2v) is 2.41. The highest BCUT2D eigenvalue weighted by atomic mass is 19.2. The Hall–Kier alpha value is -1.49. The monoisotopic (exact) mass is 188 g/mol. The molecule has 0 aliphatic carbocycles. The first-order chi connectivity index (χ1) is 6.02. The van der Waals surface area contributed by atoms with Gasteiger partial charge in [0.05, 0.1) is 0 Å². The number of hydrogen-bond acceptors (Lipinski definition) is 2. The SMILES string of the molecule is O=C(O)[C@H](O)c1ccc(F)c(F)c1. The van der Waals surface area contributed by atoms with E-state index in [2.05, 4.69) is 0 Å². The third-order valence-corrected chi connectivity index (χ3v) is 1.49. The van der Waals surface area contributed by atoms with Gasteiger partial charge < -0.3 is 10.2 Å². The highest BCUT2D eigenvalue weighted by Gasteiger charge is 2.17. The first-order valence-corrected chi connectivity index (χ1v) is 3.38. The maximum Gasteiger partial charge on any atom is 0.337 e. The number of hydrogen-bond donors (Lipinski definition) is 2. The van der Waals surface area contributed by atoms with E-state index in [1.807, 2.05) is 0 Å². The van der Waals surface area contributed by atoms with Crippen molar-refractivity contribution >= 4 is 5.97 Å². The fourth-order valence-corrected chi connectivity index (χ4v) is 0.825. The summed E-state index contributed by atoms with van der Waals surface area (Å²) in [6, 6.07) is 2.42. The summed E-state index contributed by atoms with van der Waals surface area (Å²) in [6.45, 7) is 0. The van der Waals surface area contributed by atoms with Crippen LogP contribution < -0.4 is 0 Å². The number of halogens is 2. The number of aliphatic hydroxyl groups is 1. The van der Waals surface area contributed by atoms with Gasteiger partial charge in [-0.25, -0.2) is 13.6 Å². The van der Waals surface area contributed by atoms with Gasteiger partial charge in [-0.2, -0.15) is 0 Å². The number of aliphatic carboxylic acids is 1. The molecule has 0 heterocycles. The number of aliphatic hydroxyl groups excluding tert-OH is 1. The van der Waals surface area contributed by atoms with E-state index in [1.54, 1.807) is 0 Å². The van der Waals surface area contributed by atoms with Crippen LogP contribution in [0.25, 0.3) is 0 Å². The Bertz CT molecular complexity index is 338. The topological polar surface area (TPSA) is 57.5 Å². The summed E-state index contributed by atoms with van der Waals surface area (Å²) in [5.74, 6) is -3.77. The van der Waals surface area contributed by atoms with Gasteiger partial charge in [0.1, 0.15) is 0 Å². The fourth-order valence-electron chi connectivity index (χ4n) is 0.825. The van der Waals surface area contributed by atoms with Gasteiger partial charge in [0.2, 0.25) is 0 Å². The number of carboxylic acid groups (broad SMARTS) is 1. The molecule has 0 aliphatic rings. The van der Waals surface area contributed by atoms with Crippen LogP contribution in [-0.2, 0) is 4.79 Å². The molecule has 3 nitrogen and oxygen atoms in total. The highest BCUT2D eigenvalue weighted by molar-refractivity contribution is 5.73. The zero-order chi connectivity index (χ0) is 10.0. The minimum absolute atomic E-state index is 0.189. The van der Waals surface area contributed by atoms with Crippen molar-refractivity contribution in [1.29, 1.82) is 0 Å². The number of benzene rings is 1. The molecule has 0 saturated heterocycles. The molecular formula is C8H6F2O3. The van der Waals surface area contributed by atoms with Crippen LogP contribution in [0.1, 0.15) is 11.7 Å². The molecule has 1 rings (SSSR count). The van der Waals surface area contributed by atoms with Crippen LogP contribution >= 0.6 is 0 Å². The van der Waals surface area contributed by atoms with Gasteiger partial charge in [-0.3, -0.25) is 0 Å². The maximum absolute atomic E-state index is 12.5. The van der Waals surface area contributed by atoms with Gasteiger partial charge in [0.15, 0.2) is 17.7 Å². The van der Waals surface area contributed by atoms with Crippen LogP contribution in [0.2, 0.25) is 0 Å². The lowest BCUT2D eigenvalue weighted by atomic mass is 10.1. The summed E-state index contributed by atoms with van der Waals surface area (Å²) < 4.78 is 24.9. The summed E-state index contributed by atoms with van der Waals surface area (Å²) >= 11 is 0. The average molecular weight is 188 g/mol. The lowest BCUT2D eigenvalue weighted by Crippen LogP contribution is -2.10. The lowest BCUT2D eigenvalue weighted by molar-refractivity contribution is -0.146. The van der Waals surface area contributed by atoms with E-state index < -0.39 is 23.7 Å². The van der Waals surface area contributed by atoms with E-state index in [1.165, 1.54) is 0 Å². The van der Waals surface area contributed by atoms with Crippen molar-refractivity contribution in [3.05, 3.63) is 35.4 Å². The molecule has 0 aliphatic heterocycles. The van der Waals surface area contributed by atoms with Crippen molar-refractivity contribution in [2.75, 3.05) is 0 Å². The Morgan fingerprint density at radius 3 is 2.38 bits per heavy atom. The zero-order valence-corrected chi connectivity index (χ0v) is 6.37. The molecule has 1 aromatic rings. The number of rotatable bonds is 2. The second-order valence-electron chi connectivity index (χ2n) is 2.41. The van der Waals surface area contributed by atoms with Crippen molar-refractivity contribution in [2.24, 2.45) is 0 Å². The van der Waals surface area contributed by atoms with Gasteiger partial charge in [-0.05, 0) is 17.7 Å². The van der Waals surface area contributed by atoms with Crippen LogP contribution in [0, 0.1) is 11.6 Å². The molecule has 5 heteroatoms. The quantitative estimate of drug-likeness (QED) is 0.730. The average Bonchev–Trinajstić information content (AvgIpc) is 2.08. The molecule has 0 bridgehead atoms. The van der Waals surface area contributed by atoms with E-state index in [0.29, 0.717) is 6.07 Å². The molecular weight excluding hydrogens is 182 g/mol. The Morgan fingerprint density at radius 1 is 1.31 bits per heavy atom. The molecule has 1 atom stereocenters. The van der Waals surface area contributed by atoms with E-state index in [-0.39, 0.29) is 5.56 Å². The molecule has 1 aromatic carbocycles. The molecule has 0 radical (unpaired) electrons. The molecule has 13 heavy (non-hydrogen) atoms. The minimum atomic E-state index is -1.82. The largest absolute Gasteiger partial charge is 0.479 e. The van der Waals surface area contributed by atoms with Gasteiger partial charge in [0, 0.05) is 0 Å². The van der Waals surface area contributed by atoms with Crippen LogP contribution in [0.5, 0.6) is 0 Å². The lowest BCUT2D eigenvalue weighted by Gasteiger charge is -2.05. The minimum Gasteiger partial charge on any atom is -0.479 e. The molecule has 0 amide bonds. The molecule has 2 N–H and O–H groups in total. The van der Waals surface area contributed by atoms with E-state index in [0.717, 1.165) is 12.1 Å². The second kappa shape index (κ2) is 3.49. The predicted octanol–water partition coefficient (Wildman–Crippen LogP) is 1.08. The summed E-state index contributed by atoms with van der Waals surface area (Å²) in [6.07, 6.45) is -1.82. The number of carbonyl (C=O) groups is 1. The molecule has 0 fully saturated rings. The molecule has 0 spiro atoms. The Morgan fingerprint density at radius 2 is 1.92 bits per heavy atom. The molecule has 0 unspecified atom stereocenters. The standard InChI is InChI=1S/C8H6F2O3/c9-5-2-1-4(3-6(5)10)7(11)8(12)13/h1-3,7,11H,(H,12,13)/t7-/m1/s1. The zero-order valence-electron chi connectivity index (χ0n) is 6.37. The smallest absolute Gasteiger partial charge is 0.337 e. The molecule has 0 aromatic heterocycles. The van der Waals surface area contributed by atoms with Crippen molar-refractivity contribution < 1.29 is 23.8 Å². The van der Waals surface area contributed by atoms with Gasteiger partial charge >= 0.3 is 5.97 Å². The van der Waals surface area contributed by atoms with Gasteiger partial charge in [-0.15, -0.1) is 0 Å². The molecule has 0 saturated carbocycles. The maximum atomic E-state index is 12.5. The van der Waals surface area contributed by atoms with Crippen LogP contribution in [-0.4, -0.2) is 16.2 Å². The van der Waals surface area contributed by atoms with Crippen molar-refractivity contribution in [3.8, 4) is 0 Å². The normalized spacial score (nSPS) is 12.5. The van der Waals surface area contributed by atoms with E-state index >= 15 is 0 Å². The first kappa shape index (κ1) is 9.60. The number of carboxylic acids is 1. The third-order valence-electron chi connectivity index (χ3n) is 1.49. The summed E-state index contributed by atoms with van der Waals surface area (Å²) in [5.41, 5.74) is -0.189. The van der Waals surface area contributed by atoms with Gasteiger partial charge in [-0.1, -0.05) is 6.07 Å². The van der Waals surface area contributed by atoms with Crippen LogP contribution in [0.4, 0.5) is 8.78 Å². The highest BCUT2D eigenvalue weighted by Crippen LogP contribution is 2.15. The Balaban J connectivity index is 3.03. The molecule has 70 valence electrons. The Labute approximate surface area is 72.2 Å². The third kappa shape index (κ3) is 2.00.